The topological polar surface area (TPSA) is 77.5 Å². The van der Waals surface area contributed by atoms with E-state index >= 15 is 0 Å². The van der Waals surface area contributed by atoms with Crippen LogP contribution >= 0.6 is 0 Å². The van der Waals surface area contributed by atoms with Gasteiger partial charge in [0, 0.05) is 25.6 Å². The molecular formula is C16H19NO6. The standard InChI is InChI=1S/C16H19NO6/c1-20-12-2-10(3-13-14(12)23-9-22-13)4-17-5-11-6-21-8-16(11,7-17)15(18)19/h2-3,11H,4-9H2,1H3,(H,18,19)/t11-,16-/m1/s1. The second-order valence-corrected chi connectivity index (χ2v) is 6.37. The number of hydrogen-bond donors (Lipinski definition) is 1. The highest BCUT2D eigenvalue weighted by atomic mass is 16.7. The Balaban J connectivity index is 1.55. The molecule has 3 aliphatic rings. The molecule has 0 saturated carbocycles. The third kappa shape index (κ3) is 2.22. The zero-order chi connectivity index (χ0) is 16.0. The third-order valence-corrected chi connectivity index (χ3v) is 4.99. The molecule has 0 amide bonds. The molecule has 4 rings (SSSR count). The molecule has 3 heterocycles. The minimum Gasteiger partial charge on any atom is -0.493 e. The lowest BCUT2D eigenvalue weighted by molar-refractivity contribution is -0.149. The summed E-state index contributed by atoms with van der Waals surface area (Å²) in [4.78, 5) is 13.9. The SMILES string of the molecule is COc1cc(CN2C[C@@H]3COC[C@]3(C(=O)O)C2)cc2c1OCO2. The lowest BCUT2D eigenvalue weighted by atomic mass is 9.81. The Kier molecular flexibility index (Phi) is 3.35. The van der Waals surface area contributed by atoms with E-state index in [0.29, 0.717) is 43.6 Å². The number of hydrogen-bond acceptors (Lipinski definition) is 6. The number of ether oxygens (including phenoxy) is 4. The molecule has 2 saturated heterocycles. The van der Waals surface area contributed by atoms with E-state index in [4.69, 9.17) is 18.9 Å². The van der Waals surface area contributed by atoms with Gasteiger partial charge in [0.2, 0.25) is 12.5 Å². The number of carboxylic acids is 1. The van der Waals surface area contributed by atoms with Gasteiger partial charge in [-0.15, -0.1) is 0 Å². The van der Waals surface area contributed by atoms with Crippen LogP contribution in [0.5, 0.6) is 17.2 Å². The molecule has 0 spiro atoms. The second-order valence-electron chi connectivity index (χ2n) is 6.37. The molecule has 3 aliphatic heterocycles. The number of benzene rings is 1. The summed E-state index contributed by atoms with van der Waals surface area (Å²) in [5, 5.41) is 9.60. The number of likely N-dealkylation sites (tertiary alicyclic amines) is 1. The fraction of sp³-hybridized carbons (Fsp3) is 0.562. The molecule has 124 valence electrons. The molecule has 2 fully saturated rings. The molecular weight excluding hydrogens is 302 g/mol. The highest BCUT2D eigenvalue weighted by Gasteiger charge is 2.56. The zero-order valence-electron chi connectivity index (χ0n) is 12.9. The highest BCUT2D eigenvalue weighted by molar-refractivity contribution is 5.76. The van der Waals surface area contributed by atoms with Crippen LogP contribution < -0.4 is 14.2 Å². The van der Waals surface area contributed by atoms with Crippen molar-refractivity contribution in [3.8, 4) is 17.2 Å². The van der Waals surface area contributed by atoms with Gasteiger partial charge in [-0.3, -0.25) is 9.69 Å². The summed E-state index contributed by atoms with van der Waals surface area (Å²) in [6.07, 6.45) is 0. The fourth-order valence-electron chi connectivity index (χ4n) is 3.80. The van der Waals surface area contributed by atoms with Crippen molar-refractivity contribution in [1.82, 2.24) is 4.90 Å². The van der Waals surface area contributed by atoms with Gasteiger partial charge in [0.15, 0.2) is 11.5 Å². The first-order chi connectivity index (χ1) is 11.1. The van der Waals surface area contributed by atoms with Gasteiger partial charge >= 0.3 is 5.97 Å². The van der Waals surface area contributed by atoms with Crippen molar-refractivity contribution in [2.75, 3.05) is 40.2 Å². The van der Waals surface area contributed by atoms with Crippen molar-refractivity contribution in [2.45, 2.75) is 6.54 Å². The quantitative estimate of drug-likeness (QED) is 0.885. The number of rotatable bonds is 4. The minimum atomic E-state index is -0.763. The van der Waals surface area contributed by atoms with E-state index in [9.17, 15) is 9.90 Å². The molecule has 23 heavy (non-hydrogen) atoms. The van der Waals surface area contributed by atoms with Gasteiger partial charge in [-0.05, 0) is 17.7 Å². The molecule has 1 aromatic carbocycles. The van der Waals surface area contributed by atoms with Gasteiger partial charge < -0.3 is 24.1 Å². The Bertz CT molecular complexity index is 648. The number of carboxylic acid groups (broad SMARTS) is 1. The van der Waals surface area contributed by atoms with Crippen LogP contribution in [0.1, 0.15) is 5.56 Å². The van der Waals surface area contributed by atoms with Crippen molar-refractivity contribution in [3.05, 3.63) is 17.7 Å². The van der Waals surface area contributed by atoms with Crippen LogP contribution in [0.15, 0.2) is 12.1 Å². The average molecular weight is 321 g/mol. The summed E-state index contributed by atoms with van der Waals surface area (Å²) in [6, 6.07) is 3.86. The molecule has 1 N–H and O–H groups in total. The maximum Gasteiger partial charge on any atom is 0.313 e. The average Bonchev–Trinajstić information content (AvgIpc) is 3.19. The van der Waals surface area contributed by atoms with Crippen LogP contribution in [0.2, 0.25) is 0 Å². The Morgan fingerprint density at radius 3 is 3.09 bits per heavy atom. The molecule has 0 unspecified atom stereocenters. The van der Waals surface area contributed by atoms with E-state index in [0.717, 1.165) is 12.1 Å². The van der Waals surface area contributed by atoms with Crippen LogP contribution in [0, 0.1) is 11.3 Å². The van der Waals surface area contributed by atoms with Crippen LogP contribution in [0.3, 0.4) is 0 Å². The lowest BCUT2D eigenvalue weighted by Gasteiger charge is -2.22. The molecule has 2 atom stereocenters. The number of carbonyl (C=O) groups is 1. The normalized spacial score (nSPS) is 28.8. The molecule has 0 bridgehead atoms. The molecule has 1 aromatic rings. The van der Waals surface area contributed by atoms with E-state index in [1.54, 1.807) is 7.11 Å². The molecule has 0 aliphatic carbocycles. The minimum absolute atomic E-state index is 0.0518. The molecule has 7 heteroatoms. The molecule has 0 radical (unpaired) electrons. The van der Waals surface area contributed by atoms with Crippen molar-refractivity contribution >= 4 is 5.97 Å². The van der Waals surface area contributed by atoms with Gasteiger partial charge in [0.25, 0.3) is 0 Å². The van der Waals surface area contributed by atoms with E-state index in [1.165, 1.54) is 0 Å². The smallest absolute Gasteiger partial charge is 0.313 e. The maximum absolute atomic E-state index is 11.7. The fourth-order valence-corrected chi connectivity index (χ4v) is 3.80. The van der Waals surface area contributed by atoms with Gasteiger partial charge in [0.1, 0.15) is 5.41 Å². The first-order valence-electron chi connectivity index (χ1n) is 7.62. The van der Waals surface area contributed by atoms with Gasteiger partial charge in [-0.2, -0.15) is 0 Å². The Morgan fingerprint density at radius 1 is 1.48 bits per heavy atom. The van der Waals surface area contributed by atoms with Crippen molar-refractivity contribution in [2.24, 2.45) is 11.3 Å². The molecule has 0 aromatic heterocycles. The van der Waals surface area contributed by atoms with E-state index in [2.05, 4.69) is 4.90 Å². The lowest BCUT2D eigenvalue weighted by Crippen LogP contribution is -2.38. The van der Waals surface area contributed by atoms with E-state index in [1.807, 2.05) is 12.1 Å². The first kappa shape index (κ1) is 14.6. The van der Waals surface area contributed by atoms with Crippen LogP contribution in [-0.2, 0) is 16.1 Å². The monoisotopic (exact) mass is 321 g/mol. The van der Waals surface area contributed by atoms with Crippen LogP contribution in [0.25, 0.3) is 0 Å². The summed E-state index contributed by atoms with van der Waals surface area (Å²) in [6.45, 7) is 2.90. The van der Waals surface area contributed by atoms with Crippen molar-refractivity contribution in [1.29, 1.82) is 0 Å². The zero-order valence-corrected chi connectivity index (χ0v) is 12.9. The van der Waals surface area contributed by atoms with E-state index in [-0.39, 0.29) is 12.7 Å². The summed E-state index contributed by atoms with van der Waals surface area (Å²) in [5.74, 6) is 1.24. The Morgan fingerprint density at radius 2 is 2.35 bits per heavy atom. The second kappa shape index (κ2) is 5.28. The summed E-state index contributed by atoms with van der Waals surface area (Å²) >= 11 is 0. The Hall–Kier alpha value is -1.99. The van der Waals surface area contributed by atoms with Crippen LogP contribution in [-0.4, -0.2) is 56.2 Å². The Labute approximate surface area is 133 Å². The first-order valence-corrected chi connectivity index (χ1v) is 7.62. The molecule has 7 nitrogen and oxygen atoms in total. The summed E-state index contributed by atoms with van der Waals surface area (Å²) < 4.78 is 21.6. The summed E-state index contributed by atoms with van der Waals surface area (Å²) in [7, 11) is 1.60. The van der Waals surface area contributed by atoms with Crippen LogP contribution in [0.4, 0.5) is 0 Å². The predicted molar refractivity (Wildman–Crippen MR) is 78.8 cm³/mol. The maximum atomic E-state index is 11.7. The van der Waals surface area contributed by atoms with E-state index < -0.39 is 11.4 Å². The number of nitrogens with zero attached hydrogens (tertiary/aromatic N) is 1. The van der Waals surface area contributed by atoms with Gasteiger partial charge in [-0.25, -0.2) is 0 Å². The number of methoxy groups -OCH3 is 1. The largest absolute Gasteiger partial charge is 0.493 e. The van der Waals surface area contributed by atoms with Crippen molar-refractivity contribution < 1.29 is 28.8 Å². The van der Waals surface area contributed by atoms with Gasteiger partial charge in [0.05, 0.1) is 20.3 Å². The van der Waals surface area contributed by atoms with Crippen molar-refractivity contribution in [3.63, 3.8) is 0 Å². The predicted octanol–water partition coefficient (Wildman–Crippen LogP) is 0.957. The number of aliphatic carboxylic acids is 1. The highest BCUT2D eigenvalue weighted by Crippen LogP contribution is 2.44. The van der Waals surface area contributed by atoms with Gasteiger partial charge in [-0.1, -0.05) is 0 Å². The third-order valence-electron chi connectivity index (χ3n) is 4.99. The number of fused-ring (bicyclic) bond motifs is 2. The summed E-state index contributed by atoms with van der Waals surface area (Å²) in [5.41, 5.74) is 0.257.